The minimum Gasteiger partial charge on any atom is -0.479 e. The van der Waals surface area contributed by atoms with Gasteiger partial charge in [0.2, 0.25) is 5.88 Å². The molecule has 0 saturated carbocycles. The zero-order valence-electron chi connectivity index (χ0n) is 8.86. The highest BCUT2D eigenvalue weighted by Crippen LogP contribution is 2.10. The van der Waals surface area contributed by atoms with E-state index in [0.717, 1.165) is 12.1 Å². The van der Waals surface area contributed by atoms with Gasteiger partial charge >= 0.3 is 5.97 Å². The van der Waals surface area contributed by atoms with Gasteiger partial charge in [0.1, 0.15) is 5.82 Å². The van der Waals surface area contributed by atoms with Gasteiger partial charge < -0.3 is 9.84 Å². The van der Waals surface area contributed by atoms with E-state index in [2.05, 4.69) is 9.97 Å². The van der Waals surface area contributed by atoms with Crippen molar-refractivity contribution in [1.82, 2.24) is 9.97 Å². The monoisotopic (exact) mass is 210 g/mol. The summed E-state index contributed by atoms with van der Waals surface area (Å²) in [6.07, 6.45) is 1.48. The number of hydrogen-bond acceptors (Lipinski definition) is 4. The van der Waals surface area contributed by atoms with Gasteiger partial charge in [-0.25, -0.2) is 9.78 Å². The molecule has 0 amide bonds. The van der Waals surface area contributed by atoms with Crippen molar-refractivity contribution < 1.29 is 14.6 Å². The molecule has 0 aliphatic heterocycles. The third-order valence-corrected chi connectivity index (χ3v) is 1.82. The van der Waals surface area contributed by atoms with Crippen LogP contribution in [-0.4, -0.2) is 27.7 Å². The highest BCUT2D eigenvalue weighted by Gasteiger charge is 2.05. The van der Waals surface area contributed by atoms with E-state index in [1.54, 1.807) is 6.07 Å². The standard InChI is InChI=1S/C10H14N2O3/c1-3-7-5-9(15-6-10(13)14)12-8(4-2)11-7/h5H,3-4,6H2,1-2H3,(H,13,14). The molecule has 0 aliphatic rings. The number of aryl methyl sites for hydroxylation is 2. The Hall–Kier alpha value is -1.65. The summed E-state index contributed by atoms with van der Waals surface area (Å²) in [6.45, 7) is 3.54. The molecule has 15 heavy (non-hydrogen) atoms. The number of ether oxygens (including phenoxy) is 1. The van der Waals surface area contributed by atoms with Gasteiger partial charge in [0.05, 0.1) is 0 Å². The van der Waals surface area contributed by atoms with Gasteiger partial charge in [-0.05, 0) is 6.42 Å². The molecule has 0 bridgehead atoms. The average Bonchev–Trinajstić information content (AvgIpc) is 2.25. The van der Waals surface area contributed by atoms with Crippen LogP contribution < -0.4 is 4.74 Å². The van der Waals surface area contributed by atoms with Crippen LogP contribution in [0.5, 0.6) is 5.88 Å². The minimum absolute atomic E-state index is 0.334. The first-order chi connectivity index (χ1) is 7.15. The summed E-state index contributed by atoms with van der Waals surface area (Å²) in [5.41, 5.74) is 0.863. The molecule has 0 aromatic carbocycles. The fourth-order valence-electron chi connectivity index (χ4n) is 1.07. The second-order valence-electron chi connectivity index (χ2n) is 3.00. The second kappa shape index (κ2) is 5.29. The molecule has 1 rings (SSSR count). The molecule has 0 fully saturated rings. The summed E-state index contributed by atoms with van der Waals surface area (Å²) in [5, 5.41) is 8.46. The third kappa shape index (κ3) is 3.53. The van der Waals surface area contributed by atoms with Crippen LogP contribution >= 0.6 is 0 Å². The normalized spacial score (nSPS) is 10.0. The van der Waals surface area contributed by atoms with Crippen molar-refractivity contribution in [2.45, 2.75) is 26.7 Å². The van der Waals surface area contributed by atoms with Crippen molar-refractivity contribution in [2.75, 3.05) is 6.61 Å². The summed E-state index contributed by atoms with van der Waals surface area (Å²) >= 11 is 0. The van der Waals surface area contributed by atoms with Gasteiger partial charge in [-0.2, -0.15) is 4.98 Å². The number of rotatable bonds is 5. The van der Waals surface area contributed by atoms with Gasteiger partial charge in [0, 0.05) is 18.2 Å². The number of carboxylic acid groups (broad SMARTS) is 1. The molecule has 1 aromatic rings. The Bertz CT molecular complexity index is 330. The number of carboxylic acids is 1. The molecule has 0 spiro atoms. The molecule has 0 radical (unpaired) electrons. The lowest BCUT2D eigenvalue weighted by Gasteiger charge is -2.05. The molecule has 1 aromatic heterocycles. The third-order valence-electron chi connectivity index (χ3n) is 1.82. The van der Waals surface area contributed by atoms with Crippen molar-refractivity contribution in [1.29, 1.82) is 0 Å². The van der Waals surface area contributed by atoms with E-state index in [9.17, 15) is 4.79 Å². The van der Waals surface area contributed by atoms with E-state index in [4.69, 9.17) is 9.84 Å². The highest BCUT2D eigenvalue weighted by atomic mass is 16.5. The summed E-state index contributed by atoms with van der Waals surface area (Å²) < 4.78 is 5.00. The van der Waals surface area contributed by atoms with Crippen LogP contribution in [0.1, 0.15) is 25.4 Å². The average molecular weight is 210 g/mol. The SMILES string of the molecule is CCc1cc(OCC(=O)O)nc(CC)n1. The van der Waals surface area contributed by atoms with Gasteiger partial charge in [-0.15, -0.1) is 0 Å². The summed E-state index contributed by atoms with van der Waals surface area (Å²) in [5.74, 6) is 0.000507. The minimum atomic E-state index is -1.01. The number of hydrogen-bond donors (Lipinski definition) is 1. The molecule has 0 atom stereocenters. The Balaban J connectivity index is 2.81. The predicted octanol–water partition coefficient (Wildman–Crippen LogP) is 1.06. The maximum atomic E-state index is 10.3. The largest absolute Gasteiger partial charge is 0.479 e. The van der Waals surface area contributed by atoms with Crippen LogP contribution in [0.3, 0.4) is 0 Å². The van der Waals surface area contributed by atoms with Gasteiger partial charge in [0.25, 0.3) is 0 Å². The van der Waals surface area contributed by atoms with E-state index >= 15 is 0 Å². The van der Waals surface area contributed by atoms with Crippen LogP contribution in [-0.2, 0) is 17.6 Å². The number of nitrogens with zero attached hydrogens (tertiary/aromatic N) is 2. The summed E-state index contributed by atoms with van der Waals surface area (Å²) in [7, 11) is 0. The number of carbonyl (C=O) groups is 1. The Kier molecular flexibility index (Phi) is 4.03. The molecule has 0 aliphatic carbocycles. The molecule has 0 unspecified atom stereocenters. The molecule has 5 heteroatoms. The Morgan fingerprint density at radius 1 is 1.40 bits per heavy atom. The first-order valence-electron chi connectivity index (χ1n) is 4.87. The van der Waals surface area contributed by atoms with Crippen LogP contribution in [0, 0.1) is 0 Å². The first-order valence-corrected chi connectivity index (χ1v) is 4.87. The summed E-state index contributed by atoms with van der Waals surface area (Å²) in [4.78, 5) is 18.6. The topological polar surface area (TPSA) is 72.3 Å². The molecule has 1 N–H and O–H groups in total. The zero-order chi connectivity index (χ0) is 11.3. The van der Waals surface area contributed by atoms with E-state index in [-0.39, 0.29) is 6.61 Å². The molecule has 0 saturated heterocycles. The lowest BCUT2D eigenvalue weighted by Crippen LogP contribution is -2.11. The fraction of sp³-hybridized carbons (Fsp3) is 0.500. The Labute approximate surface area is 88.1 Å². The Morgan fingerprint density at radius 3 is 2.67 bits per heavy atom. The van der Waals surface area contributed by atoms with E-state index in [0.29, 0.717) is 18.1 Å². The first kappa shape index (κ1) is 11.4. The van der Waals surface area contributed by atoms with Crippen LogP contribution in [0.25, 0.3) is 0 Å². The zero-order valence-corrected chi connectivity index (χ0v) is 8.86. The van der Waals surface area contributed by atoms with Crippen molar-refractivity contribution in [3.63, 3.8) is 0 Å². The predicted molar refractivity (Wildman–Crippen MR) is 53.9 cm³/mol. The van der Waals surface area contributed by atoms with Crippen LogP contribution in [0.15, 0.2) is 6.07 Å². The van der Waals surface area contributed by atoms with Crippen LogP contribution in [0.2, 0.25) is 0 Å². The highest BCUT2D eigenvalue weighted by molar-refractivity contribution is 5.68. The van der Waals surface area contributed by atoms with Crippen molar-refractivity contribution >= 4 is 5.97 Å². The van der Waals surface area contributed by atoms with Gasteiger partial charge in [0.15, 0.2) is 6.61 Å². The van der Waals surface area contributed by atoms with E-state index in [1.165, 1.54) is 0 Å². The smallest absolute Gasteiger partial charge is 0.341 e. The second-order valence-corrected chi connectivity index (χ2v) is 3.00. The van der Waals surface area contributed by atoms with Gasteiger partial charge in [-0.3, -0.25) is 0 Å². The van der Waals surface area contributed by atoms with Crippen molar-refractivity contribution in [3.05, 3.63) is 17.6 Å². The molecular formula is C10H14N2O3. The Morgan fingerprint density at radius 2 is 2.13 bits per heavy atom. The van der Waals surface area contributed by atoms with Gasteiger partial charge in [-0.1, -0.05) is 13.8 Å². The van der Waals surface area contributed by atoms with Crippen LogP contribution in [0.4, 0.5) is 0 Å². The lowest BCUT2D eigenvalue weighted by molar-refractivity contribution is -0.139. The maximum Gasteiger partial charge on any atom is 0.341 e. The molecule has 82 valence electrons. The summed E-state index contributed by atoms with van der Waals surface area (Å²) in [6, 6.07) is 1.67. The molecule has 5 nitrogen and oxygen atoms in total. The molecular weight excluding hydrogens is 196 g/mol. The maximum absolute atomic E-state index is 10.3. The van der Waals surface area contributed by atoms with Crippen molar-refractivity contribution in [3.8, 4) is 5.88 Å². The quantitative estimate of drug-likeness (QED) is 0.786. The van der Waals surface area contributed by atoms with E-state index < -0.39 is 5.97 Å². The number of aliphatic carboxylic acids is 1. The fourth-order valence-corrected chi connectivity index (χ4v) is 1.07. The molecule has 1 heterocycles. The lowest BCUT2D eigenvalue weighted by atomic mass is 10.3. The van der Waals surface area contributed by atoms with E-state index in [1.807, 2.05) is 13.8 Å². The van der Waals surface area contributed by atoms with Crippen molar-refractivity contribution in [2.24, 2.45) is 0 Å². The number of aromatic nitrogens is 2.